The summed E-state index contributed by atoms with van der Waals surface area (Å²) in [6, 6.07) is 1.48. The highest BCUT2D eigenvalue weighted by Gasteiger charge is 2.44. The van der Waals surface area contributed by atoms with Gasteiger partial charge in [0.2, 0.25) is 0 Å². The Morgan fingerprint density at radius 2 is 2.43 bits per heavy atom. The molecule has 1 fully saturated rings. The van der Waals surface area contributed by atoms with Crippen molar-refractivity contribution in [3.05, 3.63) is 22.7 Å². The number of aromatic amines is 1. The molecule has 1 aliphatic rings. The third kappa shape index (κ3) is 1.95. The molecule has 4 heteroatoms. The average Bonchev–Trinajstić information content (AvgIpc) is 2.71. The molecular formula is C10H15N3O. The largest absolute Gasteiger partial charge is 0.370 e. The summed E-state index contributed by atoms with van der Waals surface area (Å²) in [4.78, 5) is 17.4. The minimum absolute atomic E-state index is 0.113. The van der Waals surface area contributed by atoms with Crippen molar-refractivity contribution < 1.29 is 0 Å². The highest BCUT2D eigenvalue weighted by Crippen LogP contribution is 2.51. The van der Waals surface area contributed by atoms with Gasteiger partial charge in [-0.2, -0.15) is 0 Å². The van der Waals surface area contributed by atoms with E-state index in [-0.39, 0.29) is 5.56 Å². The second-order valence-corrected chi connectivity index (χ2v) is 4.57. The topological polar surface area (TPSA) is 57.8 Å². The van der Waals surface area contributed by atoms with Crippen LogP contribution in [0.15, 0.2) is 17.2 Å². The Balaban J connectivity index is 1.90. The standard InChI is InChI=1S/C10H15N3O/c1-10(2)4-7(10)5-11-8-3-9(14)13-6-12-8/h3,6-7H,4-5H2,1-2H3,(H2,11,12,13,14). The molecular weight excluding hydrogens is 178 g/mol. The van der Waals surface area contributed by atoms with Crippen molar-refractivity contribution in [2.75, 3.05) is 11.9 Å². The lowest BCUT2D eigenvalue weighted by Crippen LogP contribution is -2.12. The molecule has 1 saturated carbocycles. The molecule has 0 spiro atoms. The first kappa shape index (κ1) is 9.24. The summed E-state index contributed by atoms with van der Waals surface area (Å²) in [5.74, 6) is 1.38. The highest BCUT2D eigenvalue weighted by molar-refractivity contribution is 5.32. The van der Waals surface area contributed by atoms with Crippen molar-refractivity contribution >= 4 is 5.82 Å². The number of nitrogens with zero attached hydrogens (tertiary/aromatic N) is 1. The first-order valence-corrected chi connectivity index (χ1v) is 4.86. The van der Waals surface area contributed by atoms with Crippen LogP contribution in [0, 0.1) is 11.3 Å². The molecule has 76 valence electrons. The number of hydrogen-bond donors (Lipinski definition) is 2. The lowest BCUT2D eigenvalue weighted by molar-refractivity contribution is 0.573. The molecule has 0 amide bonds. The molecule has 1 heterocycles. The van der Waals surface area contributed by atoms with Gasteiger partial charge in [0, 0.05) is 12.6 Å². The minimum atomic E-state index is -0.113. The Labute approximate surface area is 82.8 Å². The number of aromatic nitrogens is 2. The average molecular weight is 193 g/mol. The van der Waals surface area contributed by atoms with Gasteiger partial charge in [0.1, 0.15) is 5.82 Å². The zero-order valence-electron chi connectivity index (χ0n) is 8.50. The minimum Gasteiger partial charge on any atom is -0.370 e. The number of nitrogens with one attached hydrogen (secondary N) is 2. The molecule has 2 N–H and O–H groups in total. The van der Waals surface area contributed by atoms with Crippen LogP contribution in [0.1, 0.15) is 20.3 Å². The lowest BCUT2D eigenvalue weighted by atomic mass is 10.1. The summed E-state index contributed by atoms with van der Waals surface area (Å²) in [7, 11) is 0. The van der Waals surface area contributed by atoms with Crippen LogP contribution in [0.2, 0.25) is 0 Å². The van der Waals surface area contributed by atoms with Crippen LogP contribution in [-0.2, 0) is 0 Å². The van der Waals surface area contributed by atoms with Crippen molar-refractivity contribution in [3.63, 3.8) is 0 Å². The van der Waals surface area contributed by atoms with Crippen molar-refractivity contribution in [1.82, 2.24) is 9.97 Å². The summed E-state index contributed by atoms with van der Waals surface area (Å²) >= 11 is 0. The van der Waals surface area contributed by atoms with Crippen molar-refractivity contribution in [1.29, 1.82) is 0 Å². The Morgan fingerprint density at radius 3 is 3.00 bits per heavy atom. The summed E-state index contributed by atoms with van der Waals surface area (Å²) in [5.41, 5.74) is 0.353. The van der Waals surface area contributed by atoms with Gasteiger partial charge in [-0.25, -0.2) is 4.98 Å². The molecule has 0 radical (unpaired) electrons. The van der Waals surface area contributed by atoms with Crippen LogP contribution < -0.4 is 10.9 Å². The summed E-state index contributed by atoms with van der Waals surface area (Å²) in [5, 5.41) is 3.17. The maximum Gasteiger partial charge on any atom is 0.252 e. The zero-order chi connectivity index (χ0) is 10.2. The van der Waals surface area contributed by atoms with E-state index >= 15 is 0 Å². The molecule has 2 rings (SSSR count). The van der Waals surface area contributed by atoms with E-state index in [9.17, 15) is 4.79 Å². The van der Waals surface area contributed by atoms with Crippen LogP contribution >= 0.6 is 0 Å². The molecule has 1 aromatic heterocycles. The quantitative estimate of drug-likeness (QED) is 0.759. The second kappa shape index (κ2) is 3.12. The molecule has 0 aliphatic heterocycles. The third-order valence-corrected chi connectivity index (χ3v) is 2.93. The molecule has 14 heavy (non-hydrogen) atoms. The van der Waals surface area contributed by atoms with Gasteiger partial charge in [-0.15, -0.1) is 0 Å². The normalized spacial score (nSPS) is 23.1. The number of anilines is 1. The predicted molar refractivity (Wildman–Crippen MR) is 55.2 cm³/mol. The van der Waals surface area contributed by atoms with Crippen LogP contribution in [0.5, 0.6) is 0 Å². The van der Waals surface area contributed by atoms with Crippen LogP contribution in [0.3, 0.4) is 0 Å². The SMILES string of the molecule is CC1(C)CC1CNc1cc(=O)[nH]cn1. The fraction of sp³-hybridized carbons (Fsp3) is 0.600. The summed E-state index contributed by atoms with van der Waals surface area (Å²) in [6.45, 7) is 5.42. The van der Waals surface area contributed by atoms with E-state index in [1.807, 2.05) is 0 Å². The van der Waals surface area contributed by atoms with E-state index in [1.165, 1.54) is 18.8 Å². The van der Waals surface area contributed by atoms with Gasteiger partial charge in [0.15, 0.2) is 0 Å². The molecule has 0 bridgehead atoms. The highest BCUT2D eigenvalue weighted by atomic mass is 16.1. The van der Waals surface area contributed by atoms with Crippen molar-refractivity contribution in [2.45, 2.75) is 20.3 Å². The fourth-order valence-corrected chi connectivity index (χ4v) is 1.62. The van der Waals surface area contributed by atoms with Crippen molar-refractivity contribution in [3.8, 4) is 0 Å². The monoisotopic (exact) mass is 193 g/mol. The van der Waals surface area contributed by atoms with E-state index in [0.717, 1.165) is 6.54 Å². The Bertz CT molecular complexity index is 383. The van der Waals surface area contributed by atoms with Crippen LogP contribution in [0.25, 0.3) is 0 Å². The molecule has 1 atom stereocenters. The van der Waals surface area contributed by atoms with Crippen LogP contribution in [0.4, 0.5) is 5.82 Å². The Hall–Kier alpha value is -1.32. The maximum atomic E-state index is 10.9. The van der Waals surface area contributed by atoms with E-state index < -0.39 is 0 Å². The first-order valence-electron chi connectivity index (χ1n) is 4.86. The lowest BCUT2D eigenvalue weighted by Gasteiger charge is -2.05. The summed E-state index contributed by atoms with van der Waals surface area (Å²) < 4.78 is 0. The third-order valence-electron chi connectivity index (χ3n) is 2.93. The number of rotatable bonds is 3. The van der Waals surface area contributed by atoms with Gasteiger partial charge in [-0.3, -0.25) is 4.79 Å². The predicted octanol–water partition coefficient (Wildman–Crippen LogP) is 1.23. The van der Waals surface area contributed by atoms with Gasteiger partial charge < -0.3 is 10.3 Å². The molecule has 1 aromatic rings. The van der Waals surface area contributed by atoms with Gasteiger partial charge in [-0.1, -0.05) is 13.8 Å². The fourth-order valence-electron chi connectivity index (χ4n) is 1.62. The number of H-pyrrole nitrogens is 1. The van der Waals surface area contributed by atoms with Gasteiger partial charge >= 0.3 is 0 Å². The zero-order valence-corrected chi connectivity index (χ0v) is 8.50. The Morgan fingerprint density at radius 1 is 1.71 bits per heavy atom. The van der Waals surface area contributed by atoms with E-state index in [1.54, 1.807) is 0 Å². The van der Waals surface area contributed by atoms with Gasteiger partial charge in [-0.05, 0) is 17.8 Å². The molecule has 0 aromatic carbocycles. The Kier molecular flexibility index (Phi) is 2.06. The second-order valence-electron chi connectivity index (χ2n) is 4.57. The van der Waals surface area contributed by atoms with E-state index in [4.69, 9.17) is 0 Å². The smallest absolute Gasteiger partial charge is 0.252 e. The number of hydrogen-bond acceptors (Lipinski definition) is 3. The summed E-state index contributed by atoms with van der Waals surface area (Å²) in [6.07, 6.45) is 2.67. The van der Waals surface area contributed by atoms with Gasteiger partial charge in [0.25, 0.3) is 5.56 Å². The first-order chi connectivity index (χ1) is 6.58. The molecule has 4 nitrogen and oxygen atoms in total. The van der Waals surface area contributed by atoms with Crippen molar-refractivity contribution in [2.24, 2.45) is 11.3 Å². The van der Waals surface area contributed by atoms with E-state index in [0.29, 0.717) is 17.2 Å². The molecule has 1 aliphatic carbocycles. The maximum absolute atomic E-state index is 10.9. The van der Waals surface area contributed by atoms with Crippen LogP contribution in [-0.4, -0.2) is 16.5 Å². The van der Waals surface area contributed by atoms with Gasteiger partial charge in [0.05, 0.1) is 6.33 Å². The molecule has 0 saturated heterocycles. The molecule has 1 unspecified atom stereocenters. The van der Waals surface area contributed by atoms with E-state index in [2.05, 4.69) is 29.1 Å².